The van der Waals surface area contributed by atoms with Crippen molar-refractivity contribution in [2.75, 3.05) is 21.2 Å². The Bertz CT molecular complexity index is 396. The Hall–Kier alpha value is -0.620. The van der Waals surface area contributed by atoms with E-state index in [1.807, 2.05) is 32.3 Å². The second-order valence-electron chi connectivity index (χ2n) is 3.34. The van der Waals surface area contributed by atoms with Gasteiger partial charge in [0, 0.05) is 30.7 Å². The van der Waals surface area contributed by atoms with E-state index in [1.165, 1.54) is 0 Å². The summed E-state index contributed by atoms with van der Waals surface area (Å²) in [7, 11) is 5.29. The minimum Gasteiger partial charge on any atom is -0.353 e. The lowest BCUT2D eigenvalue weighted by Gasteiger charge is -2.09. The molecule has 1 aromatic carbocycles. The third-order valence-electron chi connectivity index (χ3n) is 1.81. The molecular formula is C10H14BrClN3O+. The van der Waals surface area contributed by atoms with Crippen LogP contribution in [0.15, 0.2) is 27.7 Å². The summed E-state index contributed by atoms with van der Waals surface area (Å²) in [6.45, 7) is 0. The van der Waals surface area contributed by atoms with Gasteiger partial charge in [-0.1, -0.05) is 0 Å². The molecule has 0 heterocycles. The van der Waals surface area contributed by atoms with Gasteiger partial charge in [0.05, 0.1) is 12.8 Å². The summed E-state index contributed by atoms with van der Waals surface area (Å²) in [6.07, 6.45) is 0. The molecule has 0 unspecified atom stereocenters. The quantitative estimate of drug-likeness (QED) is 0.305. The molecule has 0 aromatic heterocycles. The minimum atomic E-state index is 0.426. The number of amidine groups is 1. The second-order valence-corrected chi connectivity index (χ2v) is 4.53. The summed E-state index contributed by atoms with van der Waals surface area (Å²) in [5.41, 5.74) is 3.35. The minimum absolute atomic E-state index is 0.426. The molecule has 6 heteroatoms. The van der Waals surface area contributed by atoms with Crippen molar-refractivity contribution in [3.63, 3.8) is 0 Å². The Balaban J connectivity index is 3.02. The zero-order valence-corrected chi connectivity index (χ0v) is 11.7. The number of aliphatic imine (C=N–C) groups is 1. The van der Waals surface area contributed by atoms with Gasteiger partial charge in [-0.15, -0.1) is 0 Å². The first kappa shape index (κ1) is 13.4. The average Bonchev–Trinajstić information content (AvgIpc) is 2.23. The monoisotopic (exact) mass is 306 g/mol. The van der Waals surface area contributed by atoms with Gasteiger partial charge in [0.2, 0.25) is 0 Å². The van der Waals surface area contributed by atoms with Gasteiger partial charge in [-0.3, -0.25) is 0 Å². The molecule has 2 N–H and O–H groups in total. The van der Waals surface area contributed by atoms with Crippen molar-refractivity contribution in [3.8, 4) is 0 Å². The number of hydrogen-bond acceptors (Lipinski definition) is 2. The average molecular weight is 308 g/mol. The van der Waals surface area contributed by atoms with Crippen molar-refractivity contribution in [2.24, 2.45) is 4.99 Å². The molecule has 0 amide bonds. The van der Waals surface area contributed by atoms with E-state index >= 15 is 0 Å². The highest BCUT2D eigenvalue weighted by molar-refractivity contribution is 9.10. The summed E-state index contributed by atoms with van der Waals surface area (Å²) in [4.78, 5) is 11.0. The maximum atomic E-state index is 5.97. The predicted octanol–water partition coefficient (Wildman–Crippen LogP) is 1.99. The summed E-state index contributed by atoms with van der Waals surface area (Å²) in [5.74, 6) is 0. The van der Waals surface area contributed by atoms with Gasteiger partial charge in [-0.2, -0.15) is 5.48 Å². The fraction of sp³-hybridized carbons (Fsp3) is 0.300. The zero-order valence-electron chi connectivity index (χ0n) is 9.37. The number of quaternary nitrogens is 1. The molecule has 0 fully saturated rings. The smallest absolute Gasteiger partial charge is 0.198 e. The standard InChI is InChI=1S/C10H13BrClN3O/c1-15(2)10(12)13-9-6-7(14-16-3)4-5-8(9)11/h4-6,14H,1-3H3/p+1. The molecule has 16 heavy (non-hydrogen) atoms. The SMILES string of the molecule is CO[NH2+]c1ccc(Br)c(N=C(Cl)N(C)C)c1. The molecule has 0 saturated heterocycles. The highest BCUT2D eigenvalue weighted by atomic mass is 79.9. The fourth-order valence-electron chi connectivity index (χ4n) is 1.02. The summed E-state index contributed by atoms with van der Waals surface area (Å²) in [5, 5.41) is 0.426. The van der Waals surface area contributed by atoms with Gasteiger partial charge in [0.1, 0.15) is 0 Å². The van der Waals surface area contributed by atoms with E-state index < -0.39 is 0 Å². The van der Waals surface area contributed by atoms with Crippen molar-refractivity contribution >= 4 is 44.2 Å². The molecule has 0 aliphatic rings. The topological polar surface area (TPSA) is 41.4 Å². The first-order chi connectivity index (χ1) is 7.54. The summed E-state index contributed by atoms with van der Waals surface area (Å²) >= 11 is 9.39. The maximum absolute atomic E-state index is 5.97. The van der Waals surface area contributed by atoms with Crippen molar-refractivity contribution in [1.82, 2.24) is 4.90 Å². The van der Waals surface area contributed by atoms with Gasteiger partial charge in [0.25, 0.3) is 0 Å². The molecule has 0 saturated carbocycles. The van der Waals surface area contributed by atoms with E-state index in [2.05, 4.69) is 20.9 Å². The van der Waals surface area contributed by atoms with Crippen molar-refractivity contribution in [2.45, 2.75) is 0 Å². The molecule has 4 nitrogen and oxygen atoms in total. The van der Waals surface area contributed by atoms with Gasteiger partial charge in [-0.05, 0) is 33.6 Å². The van der Waals surface area contributed by atoms with Crippen LogP contribution in [0.3, 0.4) is 0 Å². The van der Waals surface area contributed by atoms with E-state index in [1.54, 1.807) is 17.5 Å². The van der Waals surface area contributed by atoms with E-state index in [9.17, 15) is 0 Å². The van der Waals surface area contributed by atoms with E-state index in [0.29, 0.717) is 5.29 Å². The van der Waals surface area contributed by atoms with Crippen LogP contribution in [-0.4, -0.2) is 31.4 Å². The molecule has 0 bridgehead atoms. The van der Waals surface area contributed by atoms with Gasteiger partial charge in [0.15, 0.2) is 11.0 Å². The molecule has 1 aromatic rings. The third-order valence-corrected chi connectivity index (χ3v) is 2.90. The lowest BCUT2D eigenvalue weighted by molar-refractivity contribution is -0.830. The van der Waals surface area contributed by atoms with Crippen LogP contribution in [0.1, 0.15) is 0 Å². The molecule has 0 aliphatic carbocycles. The van der Waals surface area contributed by atoms with Crippen molar-refractivity contribution in [1.29, 1.82) is 0 Å². The van der Waals surface area contributed by atoms with Crippen LogP contribution in [0.25, 0.3) is 0 Å². The van der Waals surface area contributed by atoms with Gasteiger partial charge in [-0.25, -0.2) is 9.83 Å². The van der Waals surface area contributed by atoms with Crippen molar-refractivity contribution in [3.05, 3.63) is 22.7 Å². The first-order valence-corrected chi connectivity index (χ1v) is 5.78. The number of hydrogen-bond donors (Lipinski definition) is 1. The van der Waals surface area contributed by atoms with Crippen LogP contribution in [0.4, 0.5) is 11.4 Å². The normalized spacial score (nSPS) is 11.7. The van der Waals surface area contributed by atoms with Crippen LogP contribution >= 0.6 is 27.5 Å². The van der Waals surface area contributed by atoms with Crippen LogP contribution in [0.5, 0.6) is 0 Å². The summed E-state index contributed by atoms with van der Waals surface area (Å²) < 4.78 is 0.890. The van der Waals surface area contributed by atoms with Crippen LogP contribution < -0.4 is 5.48 Å². The summed E-state index contributed by atoms with van der Waals surface area (Å²) in [6, 6.07) is 5.72. The van der Waals surface area contributed by atoms with E-state index in [0.717, 1.165) is 15.8 Å². The Morgan fingerprint density at radius 3 is 2.75 bits per heavy atom. The molecule has 0 aliphatic heterocycles. The highest BCUT2D eigenvalue weighted by Gasteiger charge is 2.05. The van der Waals surface area contributed by atoms with Crippen LogP contribution in [-0.2, 0) is 4.84 Å². The second kappa shape index (κ2) is 6.20. The maximum Gasteiger partial charge on any atom is 0.198 e. The lowest BCUT2D eigenvalue weighted by atomic mass is 10.3. The molecule has 0 spiro atoms. The Kier molecular flexibility index (Phi) is 5.21. The van der Waals surface area contributed by atoms with Crippen molar-refractivity contribution < 1.29 is 10.3 Å². The first-order valence-electron chi connectivity index (χ1n) is 4.61. The Labute approximate surface area is 108 Å². The largest absolute Gasteiger partial charge is 0.353 e. The zero-order chi connectivity index (χ0) is 12.1. The number of benzene rings is 1. The van der Waals surface area contributed by atoms with Gasteiger partial charge < -0.3 is 4.90 Å². The predicted molar refractivity (Wildman–Crippen MR) is 69.4 cm³/mol. The molecular weight excluding hydrogens is 293 g/mol. The lowest BCUT2D eigenvalue weighted by Crippen LogP contribution is -2.75. The number of nitrogens with two attached hydrogens (primary N) is 1. The Morgan fingerprint density at radius 2 is 2.19 bits per heavy atom. The van der Waals surface area contributed by atoms with E-state index in [4.69, 9.17) is 16.4 Å². The number of nitrogens with zero attached hydrogens (tertiary/aromatic N) is 2. The number of halogens is 2. The number of rotatable bonds is 3. The third kappa shape index (κ3) is 3.75. The molecule has 0 radical (unpaired) electrons. The van der Waals surface area contributed by atoms with Crippen LogP contribution in [0.2, 0.25) is 0 Å². The molecule has 0 atom stereocenters. The fourth-order valence-corrected chi connectivity index (χ4v) is 1.45. The van der Waals surface area contributed by atoms with Gasteiger partial charge >= 0.3 is 0 Å². The molecule has 88 valence electrons. The molecule has 1 rings (SSSR count). The highest BCUT2D eigenvalue weighted by Crippen LogP contribution is 2.27. The van der Waals surface area contributed by atoms with Crippen LogP contribution in [0, 0.1) is 0 Å². The Morgan fingerprint density at radius 1 is 1.50 bits per heavy atom. The van der Waals surface area contributed by atoms with E-state index in [-0.39, 0.29) is 0 Å².